The normalized spacial score (nSPS) is 11.7. The van der Waals surface area contributed by atoms with Crippen LogP contribution in [-0.4, -0.2) is 12.0 Å². The van der Waals surface area contributed by atoms with Crippen LogP contribution in [0.3, 0.4) is 0 Å². The first-order chi connectivity index (χ1) is 9.11. The van der Waals surface area contributed by atoms with Crippen LogP contribution < -0.4 is 10.6 Å². The summed E-state index contributed by atoms with van der Waals surface area (Å²) in [7, 11) is 1.94. The van der Waals surface area contributed by atoms with Gasteiger partial charge in [0.15, 0.2) is 0 Å². The second kappa shape index (κ2) is 5.51. The lowest BCUT2D eigenvalue weighted by atomic mass is 10.1. The van der Waals surface area contributed by atoms with Crippen molar-refractivity contribution in [3.63, 3.8) is 0 Å². The molecule has 0 spiro atoms. The molecule has 1 atom stereocenters. The van der Waals surface area contributed by atoms with Gasteiger partial charge in [0.05, 0.1) is 11.6 Å². The zero-order valence-corrected chi connectivity index (χ0v) is 11.0. The van der Waals surface area contributed by atoms with E-state index in [-0.39, 0.29) is 6.04 Å². The molecule has 0 saturated heterocycles. The van der Waals surface area contributed by atoms with Gasteiger partial charge in [-0.2, -0.15) is 5.26 Å². The van der Waals surface area contributed by atoms with Crippen LogP contribution in [0.15, 0.2) is 42.6 Å². The lowest BCUT2D eigenvalue weighted by Gasteiger charge is -2.18. The van der Waals surface area contributed by atoms with Crippen LogP contribution >= 0.6 is 0 Å². The molecule has 0 unspecified atom stereocenters. The maximum Gasteiger partial charge on any atom is 0.132 e. The van der Waals surface area contributed by atoms with Gasteiger partial charge >= 0.3 is 0 Å². The van der Waals surface area contributed by atoms with Crippen LogP contribution in [-0.2, 0) is 0 Å². The Morgan fingerprint density at radius 3 is 2.37 bits per heavy atom. The molecule has 4 nitrogen and oxygen atoms in total. The molecule has 0 aliphatic heterocycles. The summed E-state index contributed by atoms with van der Waals surface area (Å²) >= 11 is 0. The third kappa shape index (κ3) is 2.90. The zero-order chi connectivity index (χ0) is 13.8. The van der Waals surface area contributed by atoms with Gasteiger partial charge in [-0.1, -0.05) is 6.07 Å². The molecular formula is C15H16N4. The summed E-state index contributed by atoms with van der Waals surface area (Å²) in [6.45, 7) is 1.93. The summed E-state index contributed by atoms with van der Waals surface area (Å²) in [5.74, 6) is 0.842. The summed E-state index contributed by atoms with van der Waals surface area (Å²) in [5.41, 5.74) is 8.45. The summed E-state index contributed by atoms with van der Waals surface area (Å²) in [4.78, 5) is 6.36. The largest absolute Gasteiger partial charge is 0.329 e. The van der Waals surface area contributed by atoms with Gasteiger partial charge in [0.1, 0.15) is 5.82 Å². The van der Waals surface area contributed by atoms with E-state index in [1.54, 1.807) is 18.3 Å². The van der Waals surface area contributed by atoms with Crippen LogP contribution in [0.25, 0.3) is 0 Å². The Morgan fingerprint density at radius 2 is 1.89 bits per heavy atom. The first-order valence-electron chi connectivity index (χ1n) is 6.07. The molecule has 96 valence electrons. The number of anilines is 2. The van der Waals surface area contributed by atoms with Gasteiger partial charge in [-0.25, -0.2) is 4.98 Å². The molecule has 2 rings (SSSR count). The summed E-state index contributed by atoms with van der Waals surface area (Å²) in [5, 5.41) is 8.78. The van der Waals surface area contributed by atoms with Crippen molar-refractivity contribution in [3.05, 3.63) is 53.7 Å². The molecule has 0 aliphatic carbocycles. The van der Waals surface area contributed by atoms with E-state index in [0.29, 0.717) is 5.56 Å². The highest BCUT2D eigenvalue weighted by atomic mass is 15.2. The van der Waals surface area contributed by atoms with Gasteiger partial charge < -0.3 is 10.6 Å². The molecule has 1 aromatic heterocycles. The maximum absolute atomic E-state index is 8.78. The second-order valence-electron chi connectivity index (χ2n) is 4.46. The van der Waals surface area contributed by atoms with Crippen LogP contribution in [0, 0.1) is 11.3 Å². The van der Waals surface area contributed by atoms with Crippen molar-refractivity contribution in [2.24, 2.45) is 5.73 Å². The number of pyridine rings is 1. The Bertz CT molecular complexity index is 579. The van der Waals surface area contributed by atoms with E-state index in [0.717, 1.165) is 17.1 Å². The van der Waals surface area contributed by atoms with Gasteiger partial charge in [0.2, 0.25) is 0 Å². The number of hydrogen-bond acceptors (Lipinski definition) is 4. The average molecular weight is 252 g/mol. The molecule has 2 aromatic rings. The topological polar surface area (TPSA) is 65.9 Å². The standard InChI is InChI=1S/C15H16N4/c1-11(17)13-5-8-15(18-10-13)19(2)14-6-3-12(9-16)4-7-14/h3-8,10-11H,17H2,1-2H3/t11-/m1/s1. The molecule has 0 bridgehead atoms. The van der Waals surface area contributed by atoms with Gasteiger partial charge in [0.25, 0.3) is 0 Å². The molecule has 0 saturated carbocycles. The number of aromatic nitrogens is 1. The van der Waals surface area contributed by atoms with Gasteiger partial charge in [-0.3, -0.25) is 0 Å². The number of rotatable bonds is 3. The molecular weight excluding hydrogens is 236 g/mol. The van der Waals surface area contributed by atoms with Gasteiger partial charge in [-0.05, 0) is 42.8 Å². The van der Waals surface area contributed by atoms with E-state index in [1.165, 1.54) is 0 Å². The summed E-state index contributed by atoms with van der Waals surface area (Å²) < 4.78 is 0. The molecule has 2 N–H and O–H groups in total. The first kappa shape index (κ1) is 13.1. The van der Waals surface area contributed by atoms with Crippen LogP contribution in [0.4, 0.5) is 11.5 Å². The molecule has 1 aromatic carbocycles. The SMILES string of the molecule is C[C@@H](N)c1ccc(N(C)c2ccc(C#N)cc2)nc1. The number of nitrogens with zero attached hydrogens (tertiary/aromatic N) is 3. The van der Waals surface area contributed by atoms with E-state index >= 15 is 0 Å². The number of nitrogens with two attached hydrogens (primary N) is 1. The molecule has 19 heavy (non-hydrogen) atoms. The summed E-state index contributed by atoms with van der Waals surface area (Å²) in [6, 6.07) is 13.4. The lowest BCUT2D eigenvalue weighted by molar-refractivity contribution is 0.811. The van der Waals surface area contributed by atoms with E-state index in [2.05, 4.69) is 11.1 Å². The highest BCUT2D eigenvalue weighted by Crippen LogP contribution is 2.22. The zero-order valence-electron chi connectivity index (χ0n) is 11.0. The second-order valence-corrected chi connectivity index (χ2v) is 4.46. The average Bonchev–Trinajstić information content (AvgIpc) is 2.46. The van der Waals surface area contributed by atoms with E-state index in [9.17, 15) is 0 Å². The van der Waals surface area contributed by atoms with E-state index in [1.807, 2.05) is 43.1 Å². The Labute approximate surface area is 113 Å². The van der Waals surface area contributed by atoms with E-state index < -0.39 is 0 Å². The Hall–Kier alpha value is -2.38. The highest BCUT2D eigenvalue weighted by Gasteiger charge is 2.06. The minimum atomic E-state index is -0.0123. The molecule has 4 heteroatoms. The molecule has 0 radical (unpaired) electrons. The van der Waals surface area contributed by atoms with Crippen molar-refractivity contribution in [2.75, 3.05) is 11.9 Å². The third-order valence-corrected chi connectivity index (χ3v) is 3.02. The Morgan fingerprint density at radius 1 is 1.21 bits per heavy atom. The van der Waals surface area contributed by atoms with Crippen molar-refractivity contribution >= 4 is 11.5 Å². The van der Waals surface area contributed by atoms with Gasteiger partial charge in [-0.15, -0.1) is 0 Å². The van der Waals surface area contributed by atoms with Crippen LogP contribution in [0.1, 0.15) is 24.1 Å². The lowest BCUT2D eigenvalue weighted by Crippen LogP contribution is -2.12. The van der Waals surface area contributed by atoms with Crippen molar-refractivity contribution in [3.8, 4) is 6.07 Å². The van der Waals surface area contributed by atoms with Crippen molar-refractivity contribution in [1.29, 1.82) is 5.26 Å². The number of nitriles is 1. The predicted octanol–water partition coefficient (Wildman–Crippen LogP) is 2.74. The molecule has 0 aliphatic rings. The molecule has 0 fully saturated rings. The molecule has 0 amide bonds. The maximum atomic E-state index is 8.78. The number of benzene rings is 1. The van der Waals surface area contributed by atoms with Crippen molar-refractivity contribution in [2.45, 2.75) is 13.0 Å². The summed E-state index contributed by atoms with van der Waals surface area (Å²) in [6.07, 6.45) is 1.79. The minimum Gasteiger partial charge on any atom is -0.329 e. The third-order valence-electron chi connectivity index (χ3n) is 3.02. The minimum absolute atomic E-state index is 0.0123. The fourth-order valence-electron chi connectivity index (χ4n) is 1.76. The predicted molar refractivity (Wildman–Crippen MR) is 76.1 cm³/mol. The quantitative estimate of drug-likeness (QED) is 0.912. The number of hydrogen-bond donors (Lipinski definition) is 1. The Kier molecular flexibility index (Phi) is 3.79. The molecule has 1 heterocycles. The first-order valence-corrected chi connectivity index (χ1v) is 6.07. The van der Waals surface area contributed by atoms with E-state index in [4.69, 9.17) is 11.0 Å². The van der Waals surface area contributed by atoms with Gasteiger partial charge in [0, 0.05) is 25.0 Å². The van der Waals surface area contributed by atoms with Crippen LogP contribution in [0.2, 0.25) is 0 Å². The monoisotopic (exact) mass is 252 g/mol. The Balaban J connectivity index is 2.23. The fraction of sp³-hybridized carbons (Fsp3) is 0.200. The van der Waals surface area contributed by atoms with Crippen molar-refractivity contribution in [1.82, 2.24) is 4.98 Å². The van der Waals surface area contributed by atoms with Crippen LogP contribution in [0.5, 0.6) is 0 Å². The van der Waals surface area contributed by atoms with Crippen molar-refractivity contribution < 1.29 is 0 Å². The smallest absolute Gasteiger partial charge is 0.132 e. The highest BCUT2D eigenvalue weighted by molar-refractivity contribution is 5.60. The fourth-order valence-corrected chi connectivity index (χ4v) is 1.76.